The zero-order chi connectivity index (χ0) is 17.1. The number of aromatic nitrogens is 3. The first-order valence-electron chi connectivity index (χ1n) is 7.57. The van der Waals surface area contributed by atoms with Gasteiger partial charge in [-0.3, -0.25) is 9.55 Å². The summed E-state index contributed by atoms with van der Waals surface area (Å²) in [5.41, 5.74) is 4.03. The Balaban J connectivity index is 2.04. The number of rotatable bonds is 4. The van der Waals surface area contributed by atoms with E-state index >= 15 is 0 Å². The van der Waals surface area contributed by atoms with Gasteiger partial charge in [-0.05, 0) is 43.7 Å². The number of hydrogen-bond donors (Lipinski definition) is 1. The van der Waals surface area contributed by atoms with Crippen molar-refractivity contribution in [3.63, 3.8) is 0 Å². The fraction of sp³-hybridized carbons (Fsp3) is 0.167. The van der Waals surface area contributed by atoms with Crippen molar-refractivity contribution in [1.29, 1.82) is 0 Å². The quantitative estimate of drug-likeness (QED) is 0.581. The lowest BCUT2D eigenvalue weighted by molar-refractivity contribution is 0.0526. The number of aryl methyl sites for hydroxylation is 1. The van der Waals surface area contributed by atoms with Gasteiger partial charge in [0.15, 0.2) is 5.16 Å². The van der Waals surface area contributed by atoms with E-state index < -0.39 is 0 Å². The lowest BCUT2D eigenvalue weighted by Gasteiger charge is -2.10. The third kappa shape index (κ3) is 3.19. The highest BCUT2D eigenvalue weighted by atomic mass is 32.1. The van der Waals surface area contributed by atoms with E-state index in [1.807, 2.05) is 35.9 Å². The number of ether oxygens (including phenoxy) is 1. The maximum absolute atomic E-state index is 12.0. The average Bonchev–Trinajstić information content (AvgIpc) is 2.98. The first-order valence-corrected chi connectivity index (χ1v) is 8.01. The van der Waals surface area contributed by atoms with Gasteiger partial charge in [-0.2, -0.15) is 0 Å². The van der Waals surface area contributed by atoms with E-state index in [9.17, 15) is 4.79 Å². The second kappa shape index (κ2) is 6.88. The Kier molecular flexibility index (Phi) is 4.66. The van der Waals surface area contributed by atoms with Gasteiger partial charge >= 0.3 is 5.97 Å². The molecule has 0 bridgehead atoms. The molecular formula is C18H17N3O2S. The van der Waals surface area contributed by atoms with Crippen LogP contribution in [0.5, 0.6) is 0 Å². The molecule has 2 heterocycles. The molecule has 0 spiro atoms. The molecule has 0 saturated heterocycles. The van der Waals surface area contributed by atoms with E-state index in [1.165, 1.54) is 0 Å². The molecule has 0 amide bonds. The van der Waals surface area contributed by atoms with E-state index in [0.29, 0.717) is 17.3 Å². The van der Waals surface area contributed by atoms with Gasteiger partial charge in [-0.25, -0.2) is 9.78 Å². The molecule has 0 radical (unpaired) electrons. The number of imidazole rings is 1. The summed E-state index contributed by atoms with van der Waals surface area (Å²) < 4.78 is 6.92. The fourth-order valence-corrected chi connectivity index (χ4v) is 2.68. The molecule has 0 N–H and O–H groups in total. The number of nitrogens with zero attached hydrogens (tertiary/aromatic N) is 3. The molecule has 6 heteroatoms. The highest BCUT2D eigenvalue weighted by Crippen LogP contribution is 2.25. The van der Waals surface area contributed by atoms with Gasteiger partial charge in [0.05, 0.1) is 23.6 Å². The lowest BCUT2D eigenvalue weighted by atomic mass is 10.1. The van der Waals surface area contributed by atoms with Crippen LogP contribution in [-0.4, -0.2) is 27.1 Å². The first kappa shape index (κ1) is 16.3. The summed E-state index contributed by atoms with van der Waals surface area (Å²) >= 11 is 4.47. The minimum Gasteiger partial charge on any atom is -0.462 e. The summed E-state index contributed by atoms with van der Waals surface area (Å²) in [4.78, 5) is 20.6. The number of pyridine rings is 1. The van der Waals surface area contributed by atoms with Crippen molar-refractivity contribution in [1.82, 2.24) is 14.5 Å². The molecule has 0 fully saturated rings. The van der Waals surface area contributed by atoms with Crippen molar-refractivity contribution >= 4 is 18.6 Å². The summed E-state index contributed by atoms with van der Waals surface area (Å²) in [5, 5.41) is 0.540. The molecule has 3 aromatic rings. The van der Waals surface area contributed by atoms with Crippen LogP contribution in [0.1, 0.15) is 22.8 Å². The number of carbonyl (C=O) groups excluding carboxylic acids is 1. The van der Waals surface area contributed by atoms with E-state index in [2.05, 4.69) is 22.6 Å². The van der Waals surface area contributed by atoms with Crippen LogP contribution >= 0.6 is 12.6 Å². The van der Waals surface area contributed by atoms with Crippen LogP contribution in [-0.2, 0) is 4.74 Å². The second-order valence-electron chi connectivity index (χ2n) is 5.26. The molecule has 0 aliphatic carbocycles. The van der Waals surface area contributed by atoms with Crippen molar-refractivity contribution in [2.24, 2.45) is 0 Å². The Morgan fingerprint density at radius 2 is 2.17 bits per heavy atom. The third-order valence-electron chi connectivity index (χ3n) is 3.62. The van der Waals surface area contributed by atoms with Crippen LogP contribution in [0.4, 0.5) is 0 Å². The Morgan fingerprint density at radius 3 is 2.88 bits per heavy atom. The van der Waals surface area contributed by atoms with Crippen LogP contribution in [0.2, 0.25) is 0 Å². The van der Waals surface area contributed by atoms with Gasteiger partial charge in [-0.1, -0.05) is 6.07 Å². The van der Waals surface area contributed by atoms with Gasteiger partial charge in [0.25, 0.3) is 0 Å². The molecule has 0 unspecified atom stereocenters. The van der Waals surface area contributed by atoms with Crippen LogP contribution in [0.3, 0.4) is 0 Å². The Bertz CT molecular complexity index is 875. The van der Waals surface area contributed by atoms with Crippen molar-refractivity contribution in [3.05, 3.63) is 60.0 Å². The molecule has 0 aliphatic heterocycles. The summed E-state index contributed by atoms with van der Waals surface area (Å²) in [5.74, 6) is -0.341. The van der Waals surface area contributed by atoms with Crippen molar-refractivity contribution < 1.29 is 9.53 Å². The fourth-order valence-electron chi connectivity index (χ4n) is 2.41. The highest BCUT2D eigenvalue weighted by molar-refractivity contribution is 7.80. The van der Waals surface area contributed by atoms with Crippen LogP contribution in [0.15, 0.2) is 54.1 Å². The molecule has 122 valence electrons. The molecule has 0 aliphatic rings. The number of esters is 1. The summed E-state index contributed by atoms with van der Waals surface area (Å²) in [6, 6.07) is 9.24. The van der Waals surface area contributed by atoms with E-state index in [0.717, 1.165) is 22.5 Å². The second-order valence-corrected chi connectivity index (χ2v) is 5.66. The normalized spacial score (nSPS) is 10.6. The van der Waals surface area contributed by atoms with Gasteiger partial charge in [-0.15, -0.1) is 12.6 Å². The maximum atomic E-state index is 12.0. The Labute approximate surface area is 145 Å². The third-order valence-corrected chi connectivity index (χ3v) is 3.94. The van der Waals surface area contributed by atoms with Gasteiger partial charge in [0.2, 0.25) is 0 Å². The minimum atomic E-state index is -0.341. The van der Waals surface area contributed by atoms with Gasteiger partial charge < -0.3 is 4.74 Å². The van der Waals surface area contributed by atoms with E-state index in [1.54, 1.807) is 31.5 Å². The topological polar surface area (TPSA) is 57.0 Å². The van der Waals surface area contributed by atoms with Gasteiger partial charge in [0, 0.05) is 24.2 Å². The van der Waals surface area contributed by atoms with Crippen molar-refractivity contribution in [3.8, 4) is 16.9 Å². The van der Waals surface area contributed by atoms with Crippen LogP contribution in [0, 0.1) is 6.92 Å². The summed E-state index contributed by atoms with van der Waals surface area (Å²) in [6.07, 6.45) is 5.35. The molecule has 5 nitrogen and oxygen atoms in total. The largest absolute Gasteiger partial charge is 0.462 e. The highest BCUT2D eigenvalue weighted by Gasteiger charge is 2.14. The first-order chi connectivity index (χ1) is 11.6. The molecule has 1 aromatic carbocycles. The molecule has 2 aromatic heterocycles. The minimum absolute atomic E-state index is 0.341. The van der Waals surface area contributed by atoms with Gasteiger partial charge in [0.1, 0.15) is 0 Å². The number of thiol groups is 1. The molecule has 3 rings (SSSR count). The summed E-state index contributed by atoms with van der Waals surface area (Å²) in [6.45, 7) is 4.10. The zero-order valence-electron chi connectivity index (χ0n) is 13.4. The molecule has 24 heavy (non-hydrogen) atoms. The molecule has 0 saturated carbocycles. The number of hydrogen-bond acceptors (Lipinski definition) is 5. The van der Waals surface area contributed by atoms with E-state index in [4.69, 9.17) is 4.74 Å². The van der Waals surface area contributed by atoms with Crippen LogP contribution < -0.4 is 0 Å². The Morgan fingerprint density at radius 1 is 1.33 bits per heavy atom. The zero-order valence-corrected chi connectivity index (χ0v) is 14.3. The van der Waals surface area contributed by atoms with Crippen molar-refractivity contribution in [2.45, 2.75) is 19.0 Å². The predicted molar refractivity (Wildman–Crippen MR) is 94.7 cm³/mol. The standard InChI is InChI=1S/C18H17N3O2S/c1-3-23-17(22)13-7-6-12(2)16(9-13)21-11-15(20-18(21)24)14-5-4-8-19-10-14/h4-11H,3H2,1-2H3,(H,20,24). The molecule has 0 atom stereocenters. The van der Waals surface area contributed by atoms with Crippen LogP contribution in [0.25, 0.3) is 16.9 Å². The predicted octanol–water partition coefficient (Wildman–Crippen LogP) is 3.71. The summed E-state index contributed by atoms with van der Waals surface area (Å²) in [7, 11) is 0. The monoisotopic (exact) mass is 339 g/mol. The number of benzene rings is 1. The van der Waals surface area contributed by atoms with Crippen molar-refractivity contribution in [2.75, 3.05) is 6.61 Å². The average molecular weight is 339 g/mol. The SMILES string of the molecule is CCOC(=O)c1ccc(C)c(-n2cc(-c3cccnc3)nc2S)c1. The molecular weight excluding hydrogens is 322 g/mol. The smallest absolute Gasteiger partial charge is 0.338 e. The Hall–Kier alpha value is -2.60. The van der Waals surface area contributed by atoms with E-state index in [-0.39, 0.29) is 5.97 Å². The number of carbonyl (C=O) groups is 1. The lowest BCUT2D eigenvalue weighted by Crippen LogP contribution is -2.06. The maximum Gasteiger partial charge on any atom is 0.338 e.